The first kappa shape index (κ1) is 9.62. The van der Waals surface area contributed by atoms with Gasteiger partial charge >= 0.3 is 0 Å². The average molecular weight is 201 g/mol. The molecule has 0 aliphatic carbocycles. The zero-order valence-electron chi connectivity index (χ0n) is 6.93. The van der Waals surface area contributed by atoms with E-state index in [2.05, 4.69) is 0 Å². The number of carbonyl (C=O) groups excluding carboxylic acids is 1. The van der Waals surface area contributed by atoms with E-state index in [0.717, 1.165) is 10.5 Å². The predicted octanol–water partition coefficient (Wildman–Crippen LogP) is 3.10. The van der Waals surface area contributed by atoms with Crippen LogP contribution in [0.15, 0.2) is 23.1 Å². The van der Waals surface area contributed by atoms with Crippen LogP contribution in [0.1, 0.15) is 15.9 Å². The summed E-state index contributed by atoms with van der Waals surface area (Å²) in [6, 6.07) is 5.55. The molecule has 0 heterocycles. The van der Waals surface area contributed by atoms with Crippen molar-refractivity contribution in [2.45, 2.75) is 11.8 Å². The summed E-state index contributed by atoms with van der Waals surface area (Å²) in [5, 5.41) is -0.386. The number of hydrogen-bond donors (Lipinski definition) is 0. The highest BCUT2D eigenvalue weighted by atomic mass is 35.5. The van der Waals surface area contributed by atoms with Gasteiger partial charge < -0.3 is 0 Å². The monoisotopic (exact) mass is 200 g/mol. The van der Waals surface area contributed by atoms with Crippen LogP contribution in [0.3, 0.4) is 0 Å². The van der Waals surface area contributed by atoms with Crippen molar-refractivity contribution in [1.29, 1.82) is 0 Å². The molecule has 1 nitrogen and oxygen atoms in total. The molecule has 1 rings (SSSR count). The van der Waals surface area contributed by atoms with Crippen LogP contribution < -0.4 is 0 Å². The number of hydrogen-bond acceptors (Lipinski definition) is 2. The molecule has 0 saturated carbocycles. The second kappa shape index (κ2) is 3.97. The zero-order valence-corrected chi connectivity index (χ0v) is 8.50. The molecule has 0 N–H and O–H groups in total. The molecule has 0 aromatic heterocycles. The van der Waals surface area contributed by atoms with Crippen molar-refractivity contribution >= 4 is 28.6 Å². The van der Waals surface area contributed by atoms with Crippen LogP contribution in [0.4, 0.5) is 0 Å². The highest BCUT2D eigenvalue weighted by molar-refractivity contribution is 7.98. The summed E-state index contributed by atoms with van der Waals surface area (Å²) < 4.78 is 0. The largest absolute Gasteiger partial charge is 0.276 e. The van der Waals surface area contributed by atoms with E-state index in [1.807, 2.05) is 25.3 Å². The molecule has 0 fully saturated rings. The van der Waals surface area contributed by atoms with Crippen molar-refractivity contribution in [1.82, 2.24) is 0 Å². The number of benzene rings is 1. The van der Waals surface area contributed by atoms with Gasteiger partial charge in [-0.2, -0.15) is 0 Å². The molecule has 0 atom stereocenters. The molecule has 3 heteroatoms. The van der Waals surface area contributed by atoms with E-state index in [0.29, 0.717) is 5.56 Å². The van der Waals surface area contributed by atoms with Crippen LogP contribution >= 0.6 is 23.4 Å². The van der Waals surface area contributed by atoms with E-state index in [1.54, 1.807) is 17.8 Å². The molecule has 64 valence electrons. The Bertz CT molecular complexity index is 309. The molecule has 1 aromatic rings. The van der Waals surface area contributed by atoms with E-state index >= 15 is 0 Å². The molecule has 0 aliphatic heterocycles. The van der Waals surface area contributed by atoms with Crippen LogP contribution in [0.5, 0.6) is 0 Å². The van der Waals surface area contributed by atoms with Gasteiger partial charge in [0.2, 0.25) is 0 Å². The van der Waals surface area contributed by atoms with Crippen molar-refractivity contribution < 1.29 is 4.79 Å². The van der Waals surface area contributed by atoms with Gasteiger partial charge in [-0.15, -0.1) is 11.8 Å². The minimum atomic E-state index is -0.386. The zero-order chi connectivity index (χ0) is 9.14. The van der Waals surface area contributed by atoms with Crippen LogP contribution in [0.2, 0.25) is 0 Å². The molecular formula is C9H9ClOS. The van der Waals surface area contributed by atoms with Crippen LogP contribution in [-0.2, 0) is 0 Å². The van der Waals surface area contributed by atoms with E-state index in [-0.39, 0.29) is 5.24 Å². The fourth-order valence-corrected chi connectivity index (χ4v) is 2.06. The van der Waals surface area contributed by atoms with Gasteiger partial charge in [-0.3, -0.25) is 4.79 Å². The smallest absolute Gasteiger partial charge is 0.253 e. The second-order valence-electron chi connectivity index (χ2n) is 2.43. The molecule has 12 heavy (non-hydrogen) atoms. The Morgan fingerprint density at radius 3 is 2.58 bits per heavy atom. The Kier molecular flexibility index (Phi) is 3.18. The van der Waals surface area contributed by atoms with Crippen LogP contribution in [0.25, 0.3) is 0 Å². The number of halogens is 1. The molecule has 0 unspecified atom stereocenters. The van der Waals surface area contributed by atoms with E-state index in [1.165, 1.54) is 0 Å². The molecular weight excluding hydrogens is 192 g/mol. The predicted molar refractivity (Wildman–Crippen MR) is 53.1 cm³/mol. The lowest BCUT2D eigenvalue weighted by Gasteiger charge is -2.05. The summed E-state index contributed by atoms with van der Waals surface area (Å²) in [5.41, 5.74) is 1.69. The Morgan fingerprint density at radius 1 is 1.50 bits per heavy atom. The number of aryl methyl sites for hydroxylation is 1. The summed E-state index contributed by atoms with van der Waals surface area (Å²) >= 11 is 6.95. The fraction of sp³-hybridized carbons (Fsp3) is 0.222. The standard InChI is InChI=1S/C9H9ClOS/c1-6-4-3-5-7(9(10)11)8(6)12-2/h3-5H,1-2H3. The number of rotatable bonds is 2. The third-order valence-corrected chi connectivity index (χ3v) is 2.78. The summed E-state index contributed by atoms with van der Waals surface area (Å²) in [6.45, 7) is 1.97. The normalized spacial score (nSPS) is 9.92. The fourth-order valence-electron chi connectivity index (χ4n) is 1.08. The van der Waals surface area contributed by atoms with Crippen molar-refractivity contribution in [3.63, 3.8) is 0 Å². The Labute approximate surface area is 81.1 Å². The number of thioether (sulfide) groups is 1. The van der Waals surface area contributed by atoms with Gasteiger partial charge in [0.25, 0.3) is 5.24 Å². The third kappa shape index (κ3) is 1.82. The van der Waals surface area contributed by atoms with Gasteiger partial charge in [0.05, 0.1) is 0 Å². The second-order valence-corrected chi connectivity index (χ2v) is 3.59. The molecule has 0 amide bonds. The van der Waals surface area contributed by atoms with Crippen molar-refractivity contribution in [2.75, 3.05) is 6.26 Å². The van der Waals surface area contributed by atoms with E-state index in [4.69, 9.17) is 11.6 Å². The Balaban J connectivity index is 3.27. The van der Waals surface area contributed by atoms with Gasteiger partial charge in [-0.25, -0.2) is 0 Å². The Hall–Kier alpha value is -0.470. The average Bonchev–Trinajstić information content (AvgIpc) is 2.03. The minimum Gasteiger partial charge on any atom is -0.276 e. The third-order valence-electron chi connectivity index (χ3n) is 1.63. The maximum absolute atomic E-state index is 10.9. The van der Waals surface area contributed by atoms with Gasteiger partial charge in [0.15, 0.2) is 0 Å². The van der Waals surface area contributed by atoms with Crippen LogP contribution in [0, 0.1) is 6.92 Å². The SMILES string of the molecule is CSc1c(C)cccc1C(=O)Cl. The van der Waals surface area contributed by atoms with Crippen LogP contribution in [-0.4, -0.2) is 11.5 Å². The first-order valence-electron chi connectivity index (χ1n) is 3.50. The minimum absolute atomic E-state index is 0.386. The molecule has 1 aromatic carbocycles. The lowest BCUT2D eigenvalue weighted by atomic mass is 10.1. The topological polar surface area (TPSA) is 17.1 Å². The summed E-state index contributed by atoms with van der Waals surface area (Å²) in [6.07, 6.45) is 1.94. The van der Waals surface area contributed by atoms with Gasteiger partial charge in [0, 0.05) is 10.5 Å². The van der Waals surface area contributed by atoms with Gasteiger partial charge in [-0.05, 0) is 36.4 Å². The van der Waals surface area contributed by atoms with Crippen molar-refractivity contribution in [3.8, 4) is 0 Å². The van der Waals surface area contributed by atoms with Crippen molar-refractivity contribution in [3.05, 3.63) is 29.3 Å². The van der Waals surface area contributed by atoms with Gasteiger partial charge in [0.1, 0.15) is 0 Å². The van der Waals surface area contributed by atoms with E-state index in [9.17, 15) is 4.79 Å². The summed E-state index contributed by atoms with van der Waals surface area (Å²) in [4.78, 5) is 11.9. The lowest BCUT2D eigenvalue weighted by Crippen LogP contribution is -1.93. The molecule has 0 aliphatic rings. The quantitative estimate of drug-likeness (QED) is 0.539. The molecule has 0 radical (unpaired) electrons. The Morgan fingerprint density at radius 2 is 2.17 bits per heavy atom. The highest BCUT2D eigenvalue weighted by Crippen LogP contribution is 2.25. The summed E-state index contributed by atoms with van der Waals surface area (Å²) in [7, 11) is 0. The maximum atomic E-state index is 10.9. The highest BCUT2D eigenvalue weighted by Gasteiger charge is 2.09. The maximum Gasteiger partial charge on any atom is 0.253 e. The summed E-state index contributed by atoms with van der Waals surface area (Å²) in [5.74, 6) is 0. The molecule has 0 spiro atoms. The molecule has 0 bridgehead atoms. The van der Waals surface area contributed by atoms with Gasteiger partial charge in [-0.1, -0.05) is 12.1 Å². The number of carbonyl (C=O) groups is 1. The lowest BCUT2D eigenvalue weighted by molar-refractivity contribution is 0.107. The first-order valence-corrected chi connectivity index (χ1v) is 5.10. The molecule has 0 saturated heterocycles. The first-order chi connectivity index (χ1) is 5.66. The van der Waals surface area contributed by atoms with E-state index < -0.39 is 0 Å². The van der Waals surface area contributed by atoms with Crippen molar-refractivity contribution in [2.24, 2.45) is 0 Å².